The first-order chi connectivity index (χ1) is 6.02. The Bertz CT molecular complexity index is 304. The van der Waals surface area contributed by atoms with Crippen molar-refractivity contribution in [3.05, 3.63) is 34.6 Å². The van der Waals surface area contributed by atoms with Crippen molar-refractivity contribution in [1.29, 1.82) is 0 Å². The van der Waals surface area contributed by atoms with Crippen LogP contribution in [0.15, 0.2) is 18.2 Å². The van der Waals surface area contributed by atoms with E-state index in [2.05, 4.69) is 0 Å². The van der Waals surface area contributed by atoms with Crippen molar-refractivity contribution in [2.24, 2.45) is 5.73 Å². The van der Waals surface area contributed by atoms with E-state index in [4.69, 9.17) is 17.3 Å². The fourth-order valence-corrected chi connectivity index (χ4v) is 1.32. The van der Waals surface area contributed by atoms with Gasteiger partial charge in [-0.25, -0.2) is 4.39 Å². The van der Waals surface area contributed by atoms with E-state index in [1.165, 1.54) is 18.2 Å². The van der Waals surface area contributed by atoms with Crippen LogP contribution < -0.4 is 5.73 Å². The van der Waals surface area contributed by atoms with Gasteiger partial charge in [-0.05, 0) is 24.6 Å². The molecule has 2 nitrogen and oxygen atoms in total. The first-order valence-corrected chi connectivity index (χ1v) is 4.28. The Morgan fingerprint density at radius 2 is 2.15 bits per heavy atom. The van der Waals surface area contributed by atoms with E-state index in [9.17, 15) is 9.50 Å². The monoisotopic (exact) mass is 203 g/mol. The maximum absolute atomic E-state index is 12.6. The summed E-state index contributed by atoms with van der Waals surface area (Å²) in [5.41, 5.74) is 6.19. The molecule has 0 unspecified atom stereocenters. The summed E-state index contributed by atoms with van der Waals surface area (Å²) in [5, 5.41) is 9.43. The molecule has 0 spiro atoms. The molecule has 1 rings (SSSR count). The number of hydrogen-bond acceptors (Lipinski definition) is 2. The van der Waals surface area contributed by atoms with Gasteiger partial charge >= 0.3 is 0 Å². The second-order valence-corrected chi connectivity index (χ2v) is 3.34. The average molecular weight is 204 g/mol. The molecule has 72 valence electrons. The minimum Gasteiger partial charge on any atom is -0.391 e. The first-order valence-electron chi connectivity index (χ1n) is 3.91. The molecule has 13 heavy (non-hydrogen) atoms. The van der Waals surface area contributed by atoms with Crippen LogP contribution in [0.1, 0.15) is 18.5 Å². The molecule has 0 amide bonds. The van der Waals surface area contributed by atoms with Crippen LogP contribution in [0.2, 0.25) is 5.02 Å². The quantitative estimate of drug-likeness (QED) is 0.771. The second-order valence-electron chi connectivity index (χ2n) is 2.93. The minimum absolute atomic E-state index is 0.244. The summed E-state index contributed by atoms with van der Waals surface area (Å²) in [6, 6.07) is 3.35. The number of nitrogens with two attached hydrogens (primary N) is 1. The Hall–Kier alpha value is -0.640. The smallest absolute Gasteiger partial charge is 0.124 e. The van der Waals surface area contributed by atoms with E-state index >= 15 is 0 Å². The third kappa shape index (κ3) is 2.40. The van der Waals surface area contributed by atoms with Gasteiger partial charge in [0.2, 0.25) is 0 Å². The van der Waals surface area contributed by atoms with Crippen molar-refractivity contribution in [2.75, 3.05) is 0 Å². The Labute approximate surface area is 81.1 Å². The SMILES string of the molecule is C[C@H](O)[C@H](N)c1ccc(F)cc1Cl. The lowest BCUT2D eigenvalue weighted by molar-refractivity contribution is 0.164. The molecule has 0 aliphatic rings. The lowest BCUT2D eigenvalue weighted by atomic mass is 10.0. The van der Waals surface area contributed by atoms with Crippen molar-refractivity contribution in [3.63, 3.8) is 0 Å². The summed E-state index contributed by atoms with van der Waals surface area (Å²) in [6.45, 7) is 1.56. The first kappa shape index (κ1) is 10.4. The van der Waals surface area contributed by atoms with Crippen LogP contribution in [0.4, 0.5) is 4.39 Å². The molecule has 0 aromatic heterocycles. The molecule has 0 aliphatic heterocycles. The zero-order valence-corrected chi connectivity index (χ0v) is 7.92. The molecule has 0 saturated heterocycles. The van der Waals surface area contributed by atoms with E-state index < -0.39 is 18.0 Å². The van der Waals surface area contributed by atoms with Crippen molar-refractivity contribution in [1.82, 2.24) is 0 Å². The van der Waals surface area contributed by atoms with E-state index in [0.29, 0.717) is 5.56 Å². The standard InChI is InChI=1S/C9H11ClFNO/c1-5(13)9(12)7-3-2-6(11)4-8(7)10/h2-5,9,13H,12H2,1H3/t5-,9-/m0/s1. The van der Waals surface area contributed by atoms with Gasteiger partial charge in [0.15, 0.2) is 0 Å². The number of benzene rings is 1. The van der Waals surface area contributed by atoms with Crippen LogP contribution in [-0.4, -0.2) is 11.2 Å². The molecule has 4 heteroatoms. The zero-order chi connectivity index (χ0) is 10.0. The zero-order valence-electron chi connectivity index (χ0n) is 7.17. The molecule has 1 aromatic rings. The van der Waals surface area contributed by atoms with Gasteiger partial charge < -0.3 is 10.8 Å². The molecular formula is C9H11ClFNO. The largest absolute Gasteiger partial charge is 0.391 e. The van der Waals surface area contributed by atoms with Crippen LogP contribution in [0, 0.1) is 5.82 Å². The number of halogens is 2. The van der Waals surface area contributed by atoms with E-state index in [1.807, 2.05) is 0 Å². The predicted molar refractivity (Wildman–Crippen MR) is 50.0 cm³/mol. The molecule has 0 bridgehead atoms. The van der Waals surface area contributed by atoms with Crippen molar-refractivity contribution >= 4 is 11.6 Å². The summed E-state index contributed by atoms with van der Waals surface area (Å²) in [5.74, 6) is -0.411. The second kappa shape index (κ2) is 4.05. The highest BCUT2D eigenvalue weighted by Gasteiger charge is 2.15. The lowest BCUT2D eigenvalue weighted by Crippen LogP contribution is -2.23. The van der Waals surface area contributed by atoms with Crippen molar-refractivity contribution < 1.29 is 9.50 Å². The fourth-order valence-electron chi connectivity index (χ4n) is 1.03. The maximum Gasteiger partial charge on any atom is 0.124 e. The van der Waals surface area contributed by atoms with Gasteiger partial charge in [-0.15, -0.1) is 0 Å². The van der Waals surface area contributed by atoms with Gasteiger partial charge in [-0.2, -0.15) is 0 Å². The van der Waals surface area contributed by atoms with Gasteiger partial charge in [-0.1, -0.05) is 17.7 Å². The average Bonchev–Trinajstić information content (AvgIpc) is 2.03. The van der Waals surface area contributed by atoms with Crippen LogP contribution in [0.5, 0.6) is 0 Å². The molecule has 0 fully saturated rings. The topological polar surface area (TPSA) is 46.2 Å². The van der Waals surface area contributed by atoms with E-state index in [0.717, 1.165) is 0 Å². The van der Waals surface area contributed by atoms with Crippen molar-refractivity contribution in [3.8, 4) is 0 Å². The third-order valence-corrected chi connectivity index (χ3v) is 2.17. The lowest BCUT2D eigenvalue weighted by Gasteiger charge is -2.16. The highest BCUT2D eigenvalue weighted by Crippen LogP contribution is 2.24. The Kier molecular flexibility index (Phi) is 3.25. The summed E-state index contributed by atoms with van der Waals surface area (Å²) < 4.78 is 12.6. The van der Waals surface area contributed by atoms with Crippen LogP contribution in [-0.2, 0) is 0 Å². The number of aliphatic hydroxyl groups excluding tert-OH is 1. The molecule has 2 atom stereocenters. The number of aliphatic hydroxyl groups is 1. The van der Waals surface area contributed by atoms with E-state index in [1.54, 1.807) is 6.92 Å². The highest BCUT2D eigenvalue weighted by molar-refractivity contribution is 6.31. The number of rotatable bonds is 2. The molecule has 0 heterocycles. The van der Waals surface area contributed by atoms with Crippen LogP contribution >= 0.6 is 11.6 Å². The Morgan fingerprint density at radius 3 is 2.62 bits per heavy atom. The Morgan fingerprint density at radius 1 is 1.54 bits per heavy atom. The molecule has 3 N–H and O–H groups in total. The normalized spacial score (nSPS) is 15.5. The van der Waals surface area contributed by atoms with Gasteiger partial charge in [0.1, 0.15) is 5.82 Å². The van der Waals surface area contributed by atoms with Gasteiger partial charge in [0.25, 0.3) is 0 Å². The molecule has 0 radical (unpaired) electrons. The molecule has 0 saturated carbocycles. The van der Waals surface area contributed by atoms with Crippen LogP contribution in [0.25, 0.3) is 0 Å². The summed E-state index contributed by atoms with van der Waals surface area (Å²) in [4.78, 5) is 0. The summed E-state index contributed by atoms with van der Waals surface area (Å²) in [7, 11) is 0. The van der Waals surface area contributed by atoms with E-state index in [-0.39, 0.29) is 5.02 Å². The maximum atomic E-state index is 12.6. The fraction of sp³-hybridized carbons (Fsp3) is 0.333. The summed E-state index contributed by atoms with van der Waals surface area (Å²) in [6.07, 6.45) is -0.706. The third-order valence-electron chi connectivity index (χ3n) is 1.84. The molecule has 0 aliphatic carbocycles. The Balaban J connectivity index is 3.01. The van der Waals surface area contributed by atoms with Gasteiger partial charge in [-0.3, -0.25) is 0 Å². The van der Waals surface area contributed by atoms with Gasteiger partial charge in [0.05, 0.1) is 12.1 Å². The summed E-state index contributed by atoms with van der Waals surface area (Å²) >= 11 is 5.74. The number of hydrogen-bond donors (Lipinski definition) is 2. The molecular weight excluding hydrogens is 193 g/mol. The molecule has 1 aromatic carbocycles. The van der Waals surface area contributed by atoms with Gasteiger partial charge in [0, 0.05) is 5.02 Å². The minimum atomic E-state index is -0.706. The predicted octanol–water partition coefficient (Wildman–Crippen LogP) is 1.86. The van der Waals surface area contributed by atoms with Crippen LogP contribution in [0.3, 0.4) is 0 Å². The highest BCUT2D eigenvalue weighted by atomic mass is 35.5. The van der Waals surface area contributed by atoms with Crippen molar-refractivity contribution in [2.45, 2.75) is 19.1 Å².